The predicted molar refractivity (Wildman–Crippen MR) is 77.6 cm³/mol. The summed E-state index contributed by atoms with van der Waals surface area (Å²) < 4.78 is 0. The minimum atomic E-state index is -0.357. The molecule has 3 rings (SSSR count). The van der Waals surface area contributed by atoms with E-state index in [2.05, 4.69) is 11.1 Å². The third kappa shape index (κ3) is 2.10. The second-order valence-electron chi connectivity index (χ2n) is 6.64. The van der Waals surface area contributed by atoms with Gasteiger partial charge in [0.15, 0.2) is 0 Å². The van der Waals surface area contributed by atoms with Gasteiger partial charge in [-0.2, -0.15) is 5.26 Å². The van der Waals surface area contributed by atoms with Crippen LogP contribution in [-0.4, -0.2) is 9.91 Å². The molecule has 2 aliphatic rings. The predicted octanol–water partition coefficient (Wildman–Crippen LogP) is 3.48. The van der Waals surface area contributed by atoms with Gasteiger partial charge >= 0.3 is 0 Å². The van der Waals surface area contributed by atoms with E-state index in [1.807, 2.05) is 0 Å². The molecular weight excluding hydrogens is 266 g/mol. The fraction of sp³-hybridized carbons (Fsp3) is 0.625. The van der Waals surface area contributed by atoms with E-state index >= 15 is 0 Å². The molecule has 5 nitrogen and oxygen atoms in total. The van der Waals surface area contributed by atoms with Crippen LogP contribution in [0.1, 0.15) is 42.5 Å². The van der Waals surface area contributed by atoms with Gasteiger partial charge in [-0.15, -0.1) is 0 Å². The molecule has 2 aliphatic carbocycles. The first-order chi connectivity index (χ1) is 9.97. The Labute approximate surface area is 124 Å². The Hall–Kier alpha value is -1.96. The molecule has 1 aromatic heterocycles. The third-order valence-electron chi connectivity index (χ3n) is 5.44. The Bertz CT molecular complexity index is 650. The lowest BCUT2D eigenvalue weighted by molar-refractivity contribution is -0.386. The maximum Gasteiger partial charge on any atom is 0.278 e. The van der Waals surface area contributed by atoms with Gasteiger partial charge in [-0.3, -0.25) is 15.1 Å². The third-order valence-corrected chi connectivity index (χ3v) is 5.44. The summed E-state index contributed by atoms with van der Waals surface area (Å²) in [4.78, 5) is 15.3. The maximum atomic E-state index is 11.2. The molecule has 0 spiro atoms. The van der Waals surface area contributed by atoms with Crippen LogP contribution in [0.4, 0.5) is 5.69 Å². The summed E-state index contributed by atoms with van der Waals surface area (Å²) in [5, 5.41) is 20.9. The Morgan fingerprint density at radius 2 is 2.29 bits per heavy atom. The van der Waals surface area contributed by atoms with Gasteiger partial charge in [0.1, 0.15) is 0 Å². The first-order valence-corrected chi connectivity index (χ1v) is 7.47. The largest absolute Gasteiger partial charge is 0.278 e. The Kier molecular flexibility index (Phi) is 3.20. The van der Waals surface area contributed by atoms with Gasteiger partial charge in [-0.25, -0.2) is 0 Å². The van der Waals surface area contributed by atoms with Gasteiger partial charge in [-0.05, 0) is 44.9 Å². The van der Waals surface area contributed by atoms with Crippen LogP contribution >= 0.6 is 0 Å². The zero-order valence-electron chi connectivity index (χ0n) is 12.4. The summed E-state index contributed by atoms with van der Waals surface area (Å²) in [6, 6.07) is 2.54. The molecule has 0 saturated heterocycles. The van der Waals surface area contributed by atoms with Crippen LogP contribution < -0.4 is 0 Å². The topological polar surface area (TPSA) is 79.8 Å². The highest BCUT2D eigenvalue weighted by Gasteiger charge is 2.51. The van der Waals surface area contributed by atoms with E-state index in [1.165, 1.54) is 6.42 Å². The molecule has 0 radical (unpaired) electrons. The summed E-state index contributed by atoms with van der Waals surface area (Å²) in [5.41, 5.74) is 1.72. The van der Waals surface area contributed by atoms with E-state index in [-0.39, 0.29) is 16.0 Å². The second-order valence-corrected chi connectivity index (χ2v) is 6.64. The average molecular weight is 285 g/mol. The Morgan fingerprint density at radius 3 is 2.81 bits per heavy atom. The van der Waals surface area contributed by atoms with Crippen LogP contribution in [0.3, 0.4) is 0 Å². The zero-order chi connectivity index (χ0) is 15.2. The van der Waals surface area contributed by atoms with Crippen molar-refractivity contribution in [3.05, 3.63) is 33.1 Å². The number of pyridine rings is 1. The maximum absolute atomic E-state index is 11.2. The van der Waals surface area contributed by atoms with Gasteiger partial charge in [0.05, 0.1) is 22.1 Å². The number of hydrogen-bond acceptors (Lipinski definition) is 4. The van der Waals surface area contributed by atoms with E-state index in [1.54, 1.807) is 20.0 Å². The second kappa shape index (κ2) is 4.80. The lowest BCUT2D eigenvalue weighted by Crippen LogP contribution is -2.29. The van der Waals surface area contributed by atoms with Crippen molar-refractivity contribution in [1.29, 1.82) is 5.26 Å². The van der Waals surface area contributed by atoms with Gasteiger partial charge in [0.25, 0.3) is 5.69 Å². The number of rotatable bonds is 3. The highest BCUT2D eigenvalue weighted by molar-refractivity contribution is 5.47. The molecule has 2 saturated carbocycles. The normalized spacial score (nSPS) is 30.3. The Morgan fingerprint density at radius 1 is 1.52 bits per heavy atom. The smallest absolute Gasteiger partial charge is 0.260 e. The molecule has 0 amide bonds. The first-order valence-electron chi connectivity index (χ1n) is 7.47. The number of nitrogens with zero attached hydrogens (tertiary/aromatic N) is 3. The van der Waals surface area contributed by atoms with Crippen molar-refractivity contribution in [2.24, 2.45) is 17.3 Å². The van der Waals surface area contributed by atoms with Gasteiger partial charge < -0.3 is 0 Å². The fourth-order valence-electron chi connectivity index (χ4n) is 4.36. The molecular formula is C16H19N3O2. The van der Waals surface area contributed by atoms with Crippen LogP contribution in [0, 0.1) is 52.5 Å². The summed E-state index contributed by atoms with van der Waals surface area (Å²) in [5.74, 6) is 1.10. The quantitative estimate of drug-likeness (QED) is 0.629. The lowest BCUT2D eigenvalue weighted by atomic mass is 9.71. The molecule has 3 atom stereocenters. The van der Waals surface area contributed by atoms with Crippen LogP contribution in [0.15, 0.2) is 6.20 Å². The summed E-state index contributed by atoms with van der Waals surface area (Å²) in [6.45, 7) is 3.46. The van der Waals surface area contributed by atoms with Crippen LogP contribution in [0.2, 0.25) is 0 Å². The standard InChI is InChI=1S/C16H19N3O2/c1-10-8-18-14(11(2)15(10)19(20)21)7-16(9-17)6-12-3-4-13(16)5-12/h8,12-13H,3-7H2,1-2H3. The van der Waals surface area contributed by atoms with Crippen molar-refractivity contribution in [3.63, 3.8) is 0 Å². The number of nitro groups is 1. The SMILES string of the molecule is Cc1cnc(CC2(C#N)CC3CCC2C3)c(C)c1[N+](=O)[O-]. The highest BCUT2D eigenvalue weighted by atomic mass is 16.6. The number of aromatic nitrogens is 1. The van der Waals surface area contributed by atoms with Crippen molar-refractivity contribution in [2.75, 3.05) is 0 Å². The molecule has 1 aromatic rings. The zero-order valence-corrected chi connectivity index (χ0v) is 12.4. The van der Waals surface area contributed by atoms with Crippen molar-refractivity contribution in [1.82, 2.24) is 4.98 Å². The lowest BCUT2D eigenvalue weighted by Gasteiger charge is -2.31. The Balaban J connectivity index is 1.97. The summed E-state index contributed by atoms with van der Waals surface area (Å²) in [7, 11) is 0. The fourth-order valence-corrected chi connectivity index (χ4v) is 4.36. The van der Waals surface area contributed by atoms with Crippen LogP contribution in [-0.2, 0) is 6.42 Å². The van der Waals surface area contributed by atoms with Crippen molar-refractivity contribution in [2.45, 2.75) is 46.0 Å². The van der Waals surface area contributed by atoms with Crippen LogP contribution in [0.5, 0.6) is 0 Å². The van der Waals surface area contributed by atoms with Crippen molar-refractivity contribution in [3.8, 4) is 6.07 Å². The molecule has 2 fully saturated rings. The molecule has 3 unspecified atom stereocenters. The molecule has 110 valence electrons. The van der Waals surface area contributed by atoms with E-state index < -0.39 is 0 Å². The van der Waals surface area contributed by atoms with Gasteiger partial charge in [0.2, 0.25) is 0 Å². The number of nitriles is 1. The average Bonchev–Trinajstić information content (AvgIpc) is 3.03. The summed E-state index contributed by atoms with van der Waals surface area (Å²) >= 11 is 0. The molecule has 0 N–H and O–H groups in total. The van der Waals surface area contributed by atoms with E-state index in [0.717, 1.165) is 25.0 Å². The van der Waals surface area contributed by atoms with E-state index in [9.17, 15) is 15.4 Å². The minimum Gasteiger partial charge on any atom is -0.260 e. The minimum absolute atomic E-state index is 0.149. The molecule has 21 heavy (non-hydrogen) atoms. The molecule has 1 heterocycles. The molecule has 0 aliphatic heterocycles. The van der Waals surface area contributed by atoms with E-state index in [0.29, 0.717) is 29.4 Å². The van der Waals surface area contributed by atoms with E-state index in [4.69, 9.17) is 0 Å². The molecule has 2 bridgehead atoms. The summed E-state index contributed by atoms with van der Waals surface area (Å²) in [6.07, 6.45) is 6.54. The van der Waals surface area contributed by atoms with Crippen molar-refractivity contribution < 1.29 is 4.92 Å². The first kappa shape index (κ1) is 14.0. The number of fused-ring (bicyclic) bond motifs is 2. The molecule has 0 aromatic carbocycles. The monoisotopic (exact) mass is 285 g/mol. The molecule has 5 heteroatoms. The van der Waals surface area contributed by atoms with Crippen molar-refractivity contribution >= 4 is 5.69 Å². The van der Waals surface area contributed by atoms with Gasteiger partial charge in [0, 0.05) is 23.7 Å². The van der Waals surface area contributed by atoms with Gasteiger partial charge in [-0.1, -0.05) is 6.42 Å². The highest BCUT2D eigenvalue weighted by Crippen LogP contribution is 2.57. The van der Waals surface area contributed by atoms with Crippen LogP contribution in [0.25, 0.3) is 0 Å². The number of aryl methyl sites for hydroxylation is 1. The number of hydrogen-bond donors (Lipinski definition) is 0.